The second-order valence-electron chi connectivity index (χ2n) is 7.24. The van der Waals surface area contributed by atoms with Crippen LogP contribution in [0.15, 0.2) is 22.6 Å². The maximum Gasteiger partial charge on any atom is 0.375 e. The fraction of sp³-hybridized carbons (Fsp3) is 0.500. The lowest BCUT2D eigenvalue weighted by atomic mass is 9.92. The first-order valence-electron chi connectivity index (χ1n) is 8.91. The Balaban J connectivity index is 1.67. The van der Waals surface area contributed by atoms with Crippen LogP contribution in [0.4, 0.5) is 0 Å². The van der Waals surface area contributed by atoms with E-state index in [-0.39, 0.29) is 18.3 Å². The zero-order valence-electron chi connectivity index (χ0n) is 15.7. The zero-order valence-corrected chi connectivity index (χ0v) is 15.7. The van der Waals surface area contributed by atoms with Crippen molar-refractivity contribution in [2.75, 3.05) is 26.8 Å². The van der Waals surface area contributed by atoms with Crippen molar-refractivity contribution >= 4 is 22.8 Å². The smallest absolute Gasteiger partial charge is 0.375 e. The molecule has 0 unspecified atom stereocenters. The minimum atomic E-state index is -0.621. The molecule has 0 N–H and O–H groups in total. The van der Waals surface area contributed by atoms with Crippen LogP contribution < -0.4 is 4.74 Å². The Morgan fingerprint density at radius 3 is 2.58 bits per heavy atom. The zero-order chi connectivity index (χ0) is 18.8. The highest BCUT2D eigenvalue weighted by Gasteiger charge is 2.27. The highest BCUT2D eigenvalue weighted by molar-refractivity contribution is 5.97. The number of furan rings is 1. The second-order valence-corrected chi connectivity index (χ2v) is 7.24. The number of amides is 1. The van der Waals surface area contributed by atoms with Crippen LogP contribution in [0.25, 0.3) is 11.0 Å². The SMILES string of the molecule is COc1ccc2oc(C(=O)OCC(=O)N3C[C@H](C)C[C@H](C)C3)c(C)c2c1. The molecule has 1 saturated heterocycles. The van der Waals surface area contributed by atoms with E-state index in [2.05, 4.69) is 13.8 Å². The monoisotopic (exact) mass is 359 g/mol. The molecule has 3 rings (SSSR count). The third-order valence-corrected chi connectivity index (χ3v) is 4.88. The number of likely N-dealkylation sites (tertiary alicyclic amines) is 1. The summed E-state index contributed by atoms with van der Waals surface area (Å²) in [5.74, 6) is 0.958. The highest BCUT2D eigenvalue weighted by Crippen LogP contribution is 2.29. The van der Waals surface area contributed by atoms with E-state index in [0.29, 0.717) is 41.8 Å². The van der Waals surface area contributed by atoms with Crippen molar-refractivity contribution in [1.29, 1.82) is 0 Å². The minimum absolute atomic E-state index is 0.126. The van der Waals surface area contributed by atoms with Crippen LogP contribution in [-0.4, -0.2) is 43.6 Å². The van der Waals surface area contributed by atoms with E-state index in [0.717, 1.165) is 11.8 Å². The van der Waals surface area contributed by atoms with Gasteiger partial charge in [-0.05, 0) is 43.4 Å². The first kappa shape index (κ1) is 18.3. The van der Waals surface area contributed by atoms with Crippen molar-refractivity contribution in [2.24, 2.45) is 11.8 Å². The number of carbonyl (C=O) groups excluding carboxylic acids is 2. The average molecular weight is 359 g/mol. The molecule has 0 saturated carbocycles. The predicted octanol–water partition coefficient (Wildman–Crippen LogP) is 3.41. The predicted molar refractivity (Wildman–Crippen MR) is 97.3 cm³/mol. The number of aryl methyl sites for hydroxylation is 1. The molecule has 1 fully saturated rings. The summed E-state index contributed by atoms with van der Waals surface area (Å²) in [6, 6.07) is 5.33. The molecule has 2 atom stereocenters. The molecule has 1 amide bonds. The van der Waals surface area contributed by atoms with Crippen LogP contribution >= 0.6 is 0 Å². The van der Waals surface area contributed by atoms with E-state index in [1.54, 1.807) is 31.1 Å². The number of rotatable bonds is 4. The lowest BCUT2D eigenvalue weighted by molar-refractivity contribution is -0.137. The molecule has 6 nitrogen and oxygen atoms in total. The van der Waals surface area contributed by atoms with Crippen LogP contribution in [-0.2, 0) is 9.53 Å². The van der Waals surface area contributed by atoms with Gasteiger partial charge in [0.15, 0.2) is 6.61 Å². The lowest BCUT2D eigenvalue weighted by Gasteiger charge is -2.34. The second kappa shape index (κ2) is 7.40. The third kappa shape index (κ3) is 3.69. The Labute approximate surface area is 153 Å². The van der Waals surface area contributed by atoms with Gasteiger partial charge < -0.3 is 18.8 Å². The summed E-state index contributed by atoms with van der Waals surface area (Å²) >= 11 is 0. The quantitative estimate of drug-likeness (QED) is 0.783. The maximum atomic E-state index is 12.4. The van der Waals surface area contributed by atoms with Gasteiger partial charge in [0.05, 0.1) is 7.11 Å². The maximum absolute atomic E-state index is 12.4. The van der Waals surface area contributed by atoms with Gasteiger partial charge in [-0.25, -0.2) is 4.79 Å². The summed E-state index contributed by atoms with van der Waals surface area (Å²) in [5, 5.41) is 0.793. The van der Waals surface area contributed by atoms with Crippen LogP contribution in [0.1, 0.15) is 36.4 Å². The molecule has 1 aromatic heterocycles. The third-order valence-electron chi connectivity index (χ3n) is 4.88. The Morgan fingerprint density at radius 1 is 1.23 bits per heavy atom. The van der Waals surface area contributed by atoms with E-state index in [1.807, 2.05) is 6.07 Å². The molecular weight excluding hydrogens is 334 g/mol. The Morgan fingerprint density at radius 2 is 1.92 bits per heavy atom. The average Bonchev–Trinajstić information content (AvgIpc) is 2.94. The van der Waals surface area contributed by atoms with E-state index in [1.165, 1.54) is 0 Å². The van der Waals surface area contributed by atoms with Crippen molar-refractivity contribution in [3.05, 3.63) is 29.5 Å². The van der Waals surface area contributed by atoms with Gasteiger partial charge in [-0.1, -0.05) is 13.8 Å². The van der Waals surface area contributed by atoms with Crippen molar-refractivity contribution in [1.82, 2.24) is 4.90 Å². The van der Waals surface area contributed by atoms with E-state index in [4.69, 9.17) is 13.9 Å². The Bertz CT molecular complexity index is 815. The number of esters is 1. The van der Waals surface area contributed by atoms with Gasteiger partial charge in [0.2, 0.25) is 5.76 Å². The molecule has 0 radical (unpaired) electrons. The van der Waals surface area contributed by atoms with E-state index >= 15 is 0 Å². The number of benzene rings is 1. The van der Waals surface area contributed by atoms with Gasteiger partial charge in [-0.3, -0.25) is 4.79 Å². The molecule has 0 bridgehead atoms. The molecule has 140 valence electrons. The normalized spacial score (nSPS) is 20.2. The molecule has 1 aliphatic rings. The van der Waals surface area contributed by atoms with Crippen molar-refractivity contribution in [2.45, 2.75) is 27.2 Å². The largest absolute Gasteiger partial charge is 0.497 e. The molecule has 1 aromatic carbocycles. The van der Waals surface area contributed by atoms with Crippen LogP contribution in [0, 0.1) is 18.8 Å². The molecule has 0 aliphatic carbocycles. The summed E-state index contributed by atoms with van der Waals surface area (Å²) in [7, 11) is 1.58. The first-order valence-corrected chi connectivity index (χ1v) is 8.91. The highest BCUT2D eigenvalue weighted by atomic mass is 16.5. The number of carbonyl (C=O) groups is 2. The molecular formula is C20H25NO5. The van der Waals surface area contributed by atoms with Crippen molar-refractivity contribution in [3.63, 3.8) is 0 Å². The van der Waals surface area contributed by atoms with E-state index < -0.39 is 5.97 Å². The van der Waals surface area contributed by atoms with E-state index in [9.17, 15) is 9.59 Å². The fourth-order valence-corrected chi connectivity index (χ4v) is 3.67. The number of hydrogen-bond donors (Lipinski definition) is 0. The summed E-state index contributed by atoms with van der Waals surface area (Å²) in [4.78, 5) is 26.5. The number of nitrogens with zero attached hydrogens (tertiary/aromatic N) is 1. The number of methoxy groups -OCH3 is 1. The lowest BCUT2D eigenvalue weighted by Crippen LogP contribution is -2.44. The van der Waals surface area contributed by atoms with Crippen LogP contribution in [0.2, 0.25) is 0 Å². The van der Waals surface area contributed by atoms with Gasteiger partial charge in [0, 0.05) is 24.0 Å². The van der Waals surface area contributed by atoms with Gasteiger partial charge >= 0.3 is 5.97 Å². The number of fused-ring (bicyclic) bond motifs is 1. The molecule has 6 heteroatoms. The number of hydrogen-bond acceptors (Lipinski definition) is 5. The summed E-state index contributed by atoms with van der Waals surface area (Å²) in [5.41, 5.74) is 1.26. The molecule has 1 aliphatic heterocycles. The molecule has 0 spiro atoms. The number of piperidine rings is 1. The summed E-state index contributed by atoms with van der Waals surface area (Å²) in [6.07, 6.45) is 1.12. The van der Waals surface area contributed by atoms with Gasteiger partial charge in [0.1, 0.15) is 11.3 Å². The first-order chi connectivity index (χ1) is 12.4. The summed E-state index contributed by atoms with van der Waals surface area (Å²) < 4.78 is 16.0. The molecule has 26 heavy (non-hydrogen) atoms. The summed E-state index contributed by atoms with van der Waals surface area (Å²) in [6.45, 7) is 7.21. The Kier molecular flexibility index (Phi) is 5.20. The van der Waals surface area contributed by atoms with Gasteiger partial charge in [-0.2, -0.15) is 0 Å². The standard InChI is InChI=1S/C20H25NO5/c1-12-7-13(2)10-21(9-12)18(22)11-25-20(23)19-14(3)16-8-15(24-4)5-6-17(16)26-19/h5-6,8,12-13H,7,9-11H2,1-4H3/t12-,13+. The van der Waals surface area contributed by atoms with Gasteiger partial charge in [-0.15, -0.1) is 0 Å². The fourth-order valence-electron chi connectivity index (χ4n) is 3.67. The van der Waals surface area contributed by atoms with Crippen molar-refractivity contribution < 1.29 is 23.5 Å². The number of ether oxygens (including phenoxy) is 2. The topological polar surface area (TPSA) is 69.0 Å². The van der Waals surface area contributed by atoms with Crippen LogP contribution in [0.5, 0.6) is 5.75 Å². The molecule has 2 heterocycles. The van der Waals surface area contributed by atoms with Crippen LogP contribution in [0.3, 0.4) is 0 Å². The molecule has 2 aromatic rings. The van der Waals surface area contributed by atoms with Gasteiger partial charge in [0.25, 0.3) is 5.91 Å². The van der Waals surface area contributed by atoms with Crippen molar-refractivity contribution in [3.8, 4) is 5.75 Å². The Hall–Kier alpha value is -2.50. The minimum Gasteiger partial charge on any atom is -0.497 e.